The smallest absolute Gasteiger partial charge is 0.193 e. The van der Waals surface area contributed by atoms with Gasteiger partial charge in [0, 0.05) is 38.6 Å². The lowest BCUT2D eigenvalue weighted by molar-refractivity contribution is 0.232. The standard InChI is InChI=1S/C19H29FN4/c1-4-24-11-7-8-14(24)13-23(3)19(21-2)22-18-12-16(18)15-9-5-6-10-17(15)20/h5-6,9-10,14,16,18H,4,7-8,11-13H2,1-3H3,(H,21,22). The number of benzene rings is 1. The predicted molar refractivity (Wildman–Crippen MR) is 96.9 cm³/mol. The van der Waals surface area contributed by atoms with Crippen molar-refractivity contribution in [2.24, 2.45) is 4.99 Å². The maximum absolute atomic E-state index is 13.9. The minimum absolute atomic E-state index is 0.0975. The van der Waals surface area contributed by atoms with Crippen LogP contribution in [0, 0.1) is 5.82 Å². The van der Waals surface area contributed by atoms with Crippen LogP contribution in [0.25, 0.3) is 0 Å². The summed E-state index contributed by atoms with van der Waals surface area (Å²) < 4.78 is 13.9. The SMILES string of the molecule is CCN1CCCC1CN(C)C(=NC)NC1CC1c1ccccc1F. The molecule has 2 aliphatic rings. The van der Waals surface area contributed by atoms with Gasteiger partial charge in [-0.15, -0.1) is 0 Å². The molecule has 1 aromatic carbocycles. The Hall–Kier alpha value is -1.62. The van der Waals surface area contributed by atoms with Gasteiger partial charge in [-0.3, -0.25) is 9.89 Å². The minimum Gasteiger partial charge on any atom is -0.353 e. The van der Waals surface area contributed by atoms with E-state index in [1.807, 2.05) is 19.2 Å². The fourth-order valence-corrected chi connectivity index (χ4v) is 3.91. The van der Waals surface area contributed by atoms with Crippen LogP contribution in [-0.2, 0) is 0 Å². The van der Waals surface area contributed by atoms with E-state index >= 15 is 0 Å². The number of nitrogens with zero attached hydrogens (tertiary/aromatic N) is 3. The van der Waals surface area contributed by atoms with Crippen molar-refractivity contribution in [3.05, 3.63) is 35.6 Å². The van der Waals surface area contributed by atoms with Crippen LogP contribution in [0.15, 0.2) is 29.3 Å². The fourth-order valence-electron chi connectivity index (χ4n) is 3.91. The Balaban J connectivity index is 1.55. The van der Waals surface area contributed by atoms with Gasteiger partial charge < -0.3 is 10.2 Å². The van der Waals surface area contributed by atoms with Crippen molar-refractivity contribution in [2.45, 2.75) is 44.2 Å². The van der Waals surface area contributed by atoms with Gasteiger partial charge in [0.1, 0.15) is 5.82 Å². The molecule has 0 spiro atoms. The third-order valence-corrected chi connectivity index (χ3v) is 5.37. The van der Waals surface area contributed by atoms with Gasteiger partial charge in [-0.25, -0.2) is 4.39 Å². The van der Waals surface area contributed by atoms with Gasteiger partial charge in [0.2, 0.25) is 0 Å². The first-order chi connectivity index (χ1) is 11.6. The Morgan fingerprint density at radius 2 is 2.21 bits per heavy atom. The number of hydrogen-bond donors (Lipinski definition) is 1. The molecule has 132 valence electrons. The molecule has 24 heavy (non-hydrogen) atoms. The average Bonchev–Trinajstić information content (AvgIpc) is 3.20. The largest absolute Gasteiger partial charge is 0.353 e. The molecule has 1 aliphatic heterocycles. The zero-order chi connectivity index (χ0) is 17.1. The normalized spacial score (nSPS) is 27.3. The van der Waals surface area contributed by atoms with Crippen molar-refractivity contribution >= 4 is 5.96 Å². The minimum atomic E-state index is -0.0975. The number of aliphatic imine (C=N–C) groups is 1. The van der Waals surface area contributed by atoms with E-state index in [-0.39, 0.29) is 17.8 Å². The zero-order valence-corrected chi connectivity index (χ0v) is 15.0. The summed E-state index contributed by atoms with van der Waals surface area (Å²) in [5.74, 6) is 1.08. The lowest BCUT2D eigenvalue weighted by Gasteiger charge is -2.30. The van der Waals surface area contributed by atoms with Crippen molar-refractivity contribution in [1.82, 2.24) is 15.1 Å². The summed E-state index contributed by atoms with van der Waals surface area (Å²) in [7, 11) is 3.92. The third-order valence-electron chi connectivity index (χ3n) is 5.37. The zero-order valence-electron chi connectivity index (χ0n) is 15.0. The first kappa shape index (κ1) is 17.2. The van der Waals surface area contributed by atoms with Gasteiger partial charge in [0.05, 0.1) is 0 Å². The Morgan fingerprint density at radius 1 is 1.42 bits per heavy atom. The second kappa shape index (κ2) is 7.51. The quantitative estimate of drug-likeness (QED) is 0.664. The summed E-state index contributed by atoms with van der Waals surface area (Å²) in [5, 5.41) is 3.51. The highest BCUT2D eigenvalue weighted by atomic mass is 19.1. The van der Waals surface area contributed by atoms with Gasteiger partial charge in [0.15, 0.2) is 5.96 Å². The molecule has 0 aromatic heterocycles. The van der Waals surface area contributed by atoms with Gasteiger partial charge in [-0.2, -0.15) is 0 Å². The highest BCUT2D eigenvalue weighted by Crippen LogP contribution is 2.41. The van der Waals surface area contributed by atoms with E-state index in [0.717, 1.165) is 31.0 Å². The van der Waals surface area contributed by atoms with Crippen LogP contribution in [0.5, 0.6) is 0 Å². The van der Waals surface area contributed by atoms with Crippen LogP contribution < -0.4 is 5.32 Å². The summed E-state index contributed by atoms with van der Waals surface area (Å²) in [6.07, 6.45) is 3.52. The molecule has 1 saturated carbocycles. The number of hydrogen-bond acceptors (Lipinski definition) is 2. The first-order valence-corrected chi connectivity index (χ1v) is 9.07. The van der Waals surface area contributed by atoms with Crippen LogP contribution in [0.1, 0.15) is 37.7 Å². The molecule has 0 amide bonds. The van der Waals surface area contributed by atoms with E-state index in [2.05, 4.69) is 34.1 Å². The molecule has 3 rings (SSSR count). The monoisotopic (exact) mass is 332 g/mol. The van der Waals surface area contributed by atoms with E-state index in [9.17, 15) is 4.39 Å². The number of halogens is 1. The Morgan fingerprint density at radius 3 is 2.92 bits per heavy atom. The van der Waals surface area contributed by atoms with Crippen molar-refractivity contribution < 1.29 is 4.39 Å². The summed E-state index contributed by atoms with van der Waals surface area (Å²) >= 11 is 0. The van der Waals surface area contributed by atoms with Gasteiger partial charge in [-0.1, -0.05) is 25.1 Å². The maximum atomic E-state index is 13.9. The third kappa shape index (κ3) is 3.72. The number of likely N-dealkylation sites (tertiary alicyclic amines) is 1. The Bertz CT molecular complexity index is 588. The molecule has 5 heteroatoms. The van der Waals surface area contributed by atoms with Crippen LogP contribution in [-0.4, -0.2) is 61.6 Å². The van der Waals surface area contributed by atoms with Gasteiger partial charge >= 0.3 is 0 Å². The van der Waals surface area contributed by atoms with Crippen LogP contribution in [0.3, 0.4) is 0 Å². The highest BCUT2D eigenvalue weighted by molar-refractivity contribution is 5.80. The van der Waals surface area contributed by atoms with Crippen molar-refractivity contribution in [2.75, 3.05) is 33.7 Å². The van der Waals surface area contributed by atoms with Crippen LogP contribution in [0.2, 0.25) is 0 Å². The fraction of sp³-hybridized carbons (Fsp3) is 0.632. The molecule has 1 saturated heterocycles. The number of rotatable bonds is 5. The van der Waals surface area contributed by atoms with E-state index < -0.39 is 0 Å². The van der Waals surface area contributed by atoms with Gasteiger partial charge in [0.25, 0.3) is 0 Å². The lowest BCUT2D eigenvalue weighted by atomic mass is 10.1. The number of guanidine groups is 1. The second-order valence-corrected chi connectivity index (χ2v) is 6.97. The molecule has 4 nitrogen and oxygen atoms in total. The van der Waals surface area contributed by atoms with Crippen LogP contribution >= 0.6 is 0 Å². The molecule has 1 N–H and O–H groups in total. The Labute approximate surface area is 144 Å². The molecule has 3 atom stereocenters. The van der Waals surface area contributed by atoms with Crippen molar-refractivity contribution in [1.29, 1.82) is 0 Å². The highest BCUT2D eigenvalue weighted by Gasteiger charge is 2.41. The molecular formula is C19H29FN4. The Kier molecular flexibility index (Phi) is 5.39. The molecule has 1 heterocycles. The molecule has 3 unspecified atom stereocenters. The average molecular weight is 332 g/mol. The van der Waals surface area contributed by atoms with E-state index in [0.29, 0.717) is 6.04 Å². The van der Waals surface area contributed by atoms with E-state index in [4.69, 9.17) is 0 Å². The van der Waals surface area contributed by atoms with Crippen molar-refractivity contribution in [3.8, 4) is 0 Å². The number of nitrogens with one attached hydrogen (secondary N) is 1. The summed E-state index contributed by atoms with van der Waals surface area (Å²) in [6, 6.07) is 8.00. The summed E-state index contributed by atoms with van der Waals surface area (Å²) in [5.41, 5.74) is 0.820. The van der Waals surface area contributed by atoms with E-state index in [1.54, 1.807) is 12.1 Å². The van der Waals surface area contributed by atoms with Crippen LogP contribution in [0.4, 0.5) is 4.39 Å². The molecular weight excluding hydrogens is 303 g/mol. The van der Waals surface area contributed by atoms with E-state index in [1.165, 1.54) is 19.4 Å². The maximum Gasteiger partial charge on any atom is 0.193 e. The molecule has 2 fully saturated rings. The topological polar surface area (TPSA) is 30.9 Å². The molecule has 0 radical (unpaired) electrons. The van der Waals surface area contributed by atoms with Gasteiger partial charge in [-0.05, 0) is 44.0 Å². The van der Waals surface area contributed by atoms with Crippen molar-refractivity contribution in [3.63, 3.8) is 0 Å². The number of likely N-dealkylation sites (N-methyl/N-ethyl adjacent to an activating group) is 2. The second-order valence-electron chi connectivity index (χ2n) is 6.97. The summed E-state index contributed by atoms with van der Waals surface area (Å²) in [6.45, 7) is 5.54. The summed E-state index contributed by atoms with van der Waals surface area (Å²) in [4.78, 5) is 9.19. The molecule has 1 aliphatic carbocycles. The molecule has 1 aromatic rings. The first-order valence-electron chi connectivity index (χ1n) is 9.07. The molecule has 0 bridgehead atoms. The lowest BCUT2D eigenvalue weighted by Crippen LogP contribution is -2.46. The predicted octanol–water partition coefficient (Wildman–Crippen LogP) is 2.67.